The summed E-state index contributed by atoms with van der Waals surface area (Å²) in [7, 11) is 0. The molecule has 0 spiro atoms. The smallest absolute Gasteiger partial charge is 0.0888 e. The summed E-state index contributed by atoms with van der Waals surface area (Å²) in [5.41, 5.74) is 0. The van der Waals surface area contributed by atoms with Crippen molar-refractivity contribution in [3.63, 3.8) is 0 Å². The molecule has 0 saturated heterocycles. The van der Waals surface area contributed by atoms with Gasteiger partial charge in [0.05, 0.1) is 31.7 Å². The Labute approximate surface area is 287 Å². The van der Waals surface area contributed by atoms with Crippen molar-refractivity contribution in [1.29, 1.82) is 0 Å². The average Bonchev–Trinajstić information content (AvgIpc) is 3.08. The van der Waals surface area contributed by atoms with E-state index >= 15 is 0 Å². The standard InChI is InChI=1S/C42H79NO3/c1-3-4-5-6-10-16-24-37-45-39(2)26-19-13-12-15-23-34-43(35-36-44)33-22-14-9-7-8-11-17-25-38-46-42-31-29-41(30-32-42)40-27-20-18-21-28-40/h17,25,40-42,44H,2-16,18-24,26-38H2,1H3/b25-17+. The molecule has 0 unspecified atom stereocenters. The van der Waals surface area contributed by atoms with Crippen LogP contribution in [0.4, 0.5) is 0 Å². The summed E-state index contributed by atoms with van der Waals surface area (Å²) in [5, 5.41) is 9.51. The van der Waals surface area contributed by atoms with Crippen LogP contribution in [0.25, 0.3) is 0 Å². The van der Waals surface area contributed by atoms with Crippen LogP contribution in [0, 0.1) is 11.8 Å². The van der Waals surface area contributed by atoms with E-state index in [1.807, 2.05) is 0 Å². The molecule has 46 heavy (non-hydrogen) atoms. The van der Waals surface area contributed by atoms with Crippen LogP contribution in [-0.2, 0) is 9.47 Å². The lowest BCUT2D eigenvalue weighted by Gasteiger charge is -2.35. The van der Waals surface area contributed by atoms with Crippen LogP contribution in [-0.4, -0.2) is 55.6 Å². The minimum atomic E-state index is 0.277. The van der Waals surface area contributed by atoms with Gasteiger partial charge in [0.25, 0.3) is 0 Å². The minimum Gasteiger partial charge on any atom is -0.499 e. The second-order valence-electron chi connectivity index (χ2n) is 14.9. The summed E-state index contributed by atoms with van der Waals surface area (Å²) in [4.78, 5) is 2.48. The van der Waals surface area contributed by atoms with Gasteiger partial charge in [0.2, 0.25) is 0 Å². The molecular formula is C42H79NO3. The molecule has 2 aliphatic carbocycles. The van der Waals surface area contributed by atoms with Gasteiger partial charge in [0, 0.05) is 13.0 Å². The Bertz CT molecular complexity index is 695. The van der Waals surface area contributed by atoms with Crippen LogP contribution in [0.5, 0.6) is 0 Å². The average molecular weight is 646 g/mol. The molecule has 270 valence electrons. The Morgan fingerprint density at radius 3 is 1.91 bits per heavy atom. The lowest BCUT2D eigenvalue weighted by Crippen LogP contribution is -2.29. The summed E-state index contributed by atoms with van der Waals surface area (Å²) in [5.74, 6) is 3.01. The molecule has 2 rings (SSSR count). The fraction of sp³-hybridized carbons (Fsp3) is 0.905. The Morgan fingerprint density at radius 2 is 1.24 bits per heavy atom. The number of allylic oxidation sites excluding steroid dienone is 2. The van der Waals surface area contributed by atoms with Crippen LogP contribution < -0.4 is 0 Å². The lowest BCUT2D eigenvalue weighted by atomic mass is 9.73. The highest BCUT2D eigenvalue weighted by Gasteiger charge is 2.28. The monoisotopic (exact) mass is 646 g/mol. The molecule has 0 atom stereocenters. The maximum Gasteiger partial charge on any atom is 0.0888 e. The largest absolute Gasteiger partial charge is 0.499 e. The van der Waals surface area contributed by atoms with E-state index in [4.69, 9.17) is 9.47 Å². The fourth-order valence-electron chi connectivity index (χ4n) is 7.85. The van der Waals surface area contributed by atoms with Crippen molar-refractivity contribution in [2.24, 2.45) is 11.8 Å². The zero-order valence-corrected chi connectivity index (χ0v) is 30.8. The first-order valence-electron chi connectivity index (χ1n) is 20.6. The van der Waals surface area contributed by atoms with Crippen LogP contribution >= 0.6 is 0 Å². The van der Waals surface area contributed by atoms with E-state index in [-0.39, 0.29) is 6.61 Å². The Balaban J connectivity index is 1.33. The highest BCUT2D eigenvalue weighted by molar-refractivity contribution is 4.84. The highest BCUT2D eigenvalue weighted by Crippen LogP contribution is 2.38. The van der Waals surface area contributed by atoms with Crippen molar-refractivity contribution in [2.45, 2.75) is 193 Å². The topological polar surface area (TPSA) is 41.9 Å². The third-order valence-corrected chi connectivity index (χ3v) is 10.9. The van der Waals surface area contributed by atoms with E-state index in [2.05, 4.69) is 30.6 Å². The summed E-state index contributed by atoms with van der Waals surface area (Å²) in [6.07, 6.45) is 42.2. The summed E-state index contributed by atoms with van der Waals surface area (Å²) in [6, 6.07) is 0. The van der Waals surface area contributed by atoms with Crippen LogP contribution in [0.3, 0.4) is 0 Å². The molecule has 0 bridgehead atoms. The first kappa shape index (κ1) is 41.3. The molecule has 2 aliphatic rings. The fourth-order valence-corrected chi connectivity index (χ4v) is 7.85. The molecule has 0 radical (unpaired) electrons. The van der Waals surface area contributed by atoms with E-state index < -0.39 is 0 Å². The van der Waals surface area contributed by atoms with Crippen LogP contribution in [0.15, 0.2) is 24.5 Å². The first-order valence-corrected chi connectivity index (χ1v) is 20.6. The molecule has 2 saturated carbocycles. The molecule has 2 fully saturated rings. The summed E-state index contributed by atoms with van der Waals surface area (Å²) < 4.78 is 12.0. The maximum atomic E-state index is 9.51. The molecule has 0 heterocycles. The molecule has 0 amide bonds. The Morgan fingerprint density at radius 1 is 0.652 bits per heavy atom. The highest BCUT2D eigenvalue weighted by atomic mass is 16.5. The van der Waals surface area contributed by atoms with E-state index in [1.165, 1.54) is 173 Å². The minimum absolute atomic E-state index is 0.277. The number of unbranched alkanes of at least 4 members (excludes halogenated alkanes) is 15. The number of aliphatic hydroxyl groups excluding tert-OH is 1. The predicted molar refractivity (Wildman–Crippen MR) is 199 cm³/mol. The molecule has 0 aromatic rings. The summed E-state index contributed by atoms with van der Waals surface area (Å²) in [6.45, 7) is 11.4. The predicted octanol–water partition coefficient (Wildman–Crippen LogP) is 12.0. The van der Waals surface area contributed by atoms with E-state index in [0.29, 0.717) is 6.10 Å². The maximum absolute atomic E-state index is 9.51. The third kappa shape index (κ3) is 22.7. The number of hydrogen-bond acceptors (Lipinski definition) is 4. The van der Waals surface area contributed by atoms with E-state index in [9.17, 15) is 5.11 Å². The number of hydrogen-bond donors (Lipinski definition) is 1. The normalized spacial score (nSPS) is 19.4. The molecular weight excluding hydrogens is 566 g/mol. The molecule has 0 aromatic heterocycles. The van der Waals surface area contributed by atoms with Crippen LogP contribution in [0.2, 0.25) is 0 Å². The SMILES string of the molecule is C=C(CCCCCCCN(CCO)CCCCCCC/C=C/COC1CCC(C2CCCCC2)CC1)OCCCCCCCCC. The zero-order valence-electron chi connectivity index (χ0n) is 30.8. The number of ether oxygens (including phenoxy) is 2. The van der Waals surface area contributed by atoms with Gasteiger partial charge < -0.3 is 19.5 Å². The second-order valence-corrected chi connectivity index (χ2v) is 14.9. The number of rotatable bonds is 31. The lowest BCUT2D eigenvalue weighted by molar-refractivity contribution is 0.0228. The van der Waals surface area contributed by atoms with Crippen molar-refractivity contribution < 1.29 is 14.6 Å². The van der Waals surface area contributed by atoms with Gasteiger partial charge in [-0.3, -0.25) is 0 Å². The molecule has 1 N–H and O–H groups in total. The molecule has 4 nitrogen and oxygen atoms in total. The van der Waals surface area contributed by atoms with E-state index in [0.717, 1.165) is 56.9 Å². The van der Waals surface area contributed by atoms with Gasteiger partial charge in [-0.25, -0.2) is 0 Å². The summed E-state index contributed by atoms with van der Waals surface area (Å²) >= 11 is 0. The first-order chi connectivity index (χ1) is 22.7. The molecule has 0 aliphatic heterocycles. The van der Waals surface area contributed by atoms with Gasteiger partial charge in [-0.1, -0.05) is 135 Å². The van der Waals surface area contributed by atoms with Gasteiger partial charge >= 0.3 is 0 Å². The van der Waals surface area contributed by atoms with Gasteiger partial charge in [0.1, 0.15) is 0 Å². The van der Waals surface area contributed by atoms with E-state index in [1.54, 1.807) is 0 Å². The second kappa shape index (κ2) is 30.2. The van der Waals surface area contributed by atoms with Gasteiger partial charge in [0.15, 0.2) is 0 Å². The Kier molecular flexibility index (Phi) is 27.2. The van der Waals surface area contributed by atoms with Crippen molar-refractivity contribution in [3.8, 4) is 0 Å². The quantitative estimate of drug-likeness (QED) is 0.0463. The molecule has 4 heteroatoms. The number of aliphatic hydroxyl groups is 1. The van der Waals surface area contributed by atoms with Crippen molar-refractivity contribution in [1.82, 2.24) is 4.90 Å². The van der Waals surface area contributed by atoms with Gasteiger partial charge in [-0.2, -0.15) is 0 Å². The Hall–Kier alpha value is -0.840. The van der Waals surface area contributed by atoms with Gasteiger partial charge in [-0.05, 0) is 89.1 Å². The number of nitrogens with zero attached hydrogens (tertiary/aromatic N) is 1. The van der Waals surface area contributed by atoms with Crippen molar-refractivity contribution in [3.05, 3.63) is 24.5 Å². The van der Waals surface area contributed by atoms with Crippen LogP contribution in [0.1, 0.15) is 187 Å². The van der Waals surface area contributed by atoms with Crippen molar-refractivity contribution in [2.75, 3.05) is 39.5 Å². The third-order valence-electron chi connectivity index (χ3n) is 10.9. The molecule has 0 aromatic carbocycles. The zero-order chi connectivity index (χ0) is 32.8. The van der Waals surface area contributed by atoms with Gasteiger partial charge in [-0.15, -0.1) is 0 Å². The van der Waals surface area contributed by atoms with Crippen molar-refractivity contribution >= 4 is 0 Å².